The van der Waals surface area contributed by atoms with E-state index in [1.807, 2.05) is 42.5 Å². The first kappa shape index (κ1) is 21.1. The minimum absolute atomic E-state index is 0.209. The second-order valence-corrected chi connectivity index (χ2v) is 7.98. The maximum Gasteiger partial charge on any atom is 0.412 e. The van der Waals surface area contributed by atoms with Crippen LogP contribution in [0.5, 0.6) is 0 Å². The Hall–Kier alpha value is -3.60. The highest BCUT2D eigenvalue weighted by Gasteiger charge is 2.16. The van der Waals surface area contributed by atoms with Gasteiger partial charge in [0, 0.05) is 16.9 Å². The van der Waals surface area contributed by atoms with Crippen molar-refractivity contribution < 1.29 is 14.3 Å². The van der Waals surface area contributed by atoms with Crippen LogP contribution >= 0.6 is 0 Å². The van der Waals surface area contributed by atoms with Crippen LogP contribution in [0, 0.1) is 0 Å². The summed E-state index contributed by atoms with van der Waals surface area (Å²) in [4.78, 5) is 24.6. The second kappa shape index (κ2) is 9.27. The Morgan fingerprint density at radius 3 is 2.10 bits per heavy atom. The average Bonchev–Trinajstić information content (AvgIpc) is 2.69. The highest BCUT2D eigenvalue weighted by molar-refractivity contribution is 6.05. The smallest absolute Gasteiger partial charge is 0.412 e. The van der Waals surface area contributed by atoms with Gasteiger partial charge in [-0.1, -0.05) is 48.5 Å². The standard InChI is InChI=1S/C25H26N2O3/c1-25(2,3)30-24(29)26-21-15-13-19(14-16-21)23(28)27-22-12-8-7-11-20(22)17-18-9-5-4-6-10-18/h4-16H,17H2,1-3H3,(H,26,29)(H,27,28). The van der Waals surface area contributed by atoms with Gasteiger partial charge in [0.25, 0.3) is 5.91 Å². The first-order valence-electron chi connectivity index (χ1n) is 9.83. The van der Waals surface area contributed by atoms with Crippen molar-refractivity contribution in [2.24, 2.45) is 0 Å². The normalized spacial score (nSPS) is 10.9. The van der Waals surface area contributed by atoms with E-state index in [0.717, 1.165) is 17.7 Å². The minimum atomic E-state index is -0.572. The number of amides is 2. The van der Waals surface area contributed by atoms with Crippen LogP contribution in [0.2, 0.25) is 0 Å². The predicted octanol–water partition coefficient (Wildman–Crippen LogP) is 5.88. The number of carbonyl (C=O) groups is 2. The Balaban J connectivity index is 1.66. The van der Waals surface area contributed by atoms with E-state index in [1.165, 1.54) is 5.56 Å². The molecule has 0 aliphatic carbocycles. The van der Waals surface area contributed by atoms with Crippen LogP contribution in [0.15, 0.2) is 78.9 Å². The summed E-state index contributed by atoms with van der Waals surface area (Å²) in [5.41, 5.74) is 3.49. The third kappa shape index (κ3) is 6.21. The number of rotatable bonds is 5. The predicted molar refractivity (Wildman–Crippen MR) is 120 cm³/mol. The fraction of sp³-hybridized carbons (Fsp3) is 0.200. The molecule has 154 valence electrons. The van der Waals surface area contributed by atoms with Crippen LogP contribution in [-0.2, 0) is 11.2 Å². The minimum Gasteiger partial charge on any atom is -0.444 e. The fourth-order valence-electron chi connectivity index (χ4n) is 2.93. The van der Waals surface area contributed by atoms with Gasteiger partial charge in [-0.2, -0.15) is 0 Å². The molecule has 30 heavy (non-hydrogen) atoms. The summed E-state index contributed by atoms with van der Waals surface area (Å²) in [6.45, 7) is 5.40. The highest BCUT2D eigenvalue weighted by atomic mass is 16.6. The molecule has 3 aromatic rings. The van der Waals surface area contributed by atoms with Crippen molar-refractivity contribution in [1.29, 1.82) is 0 Å². The number of nitrogens with one attached hydrogen (secondary N) is 2. The Morgan fingerprint density at radius 2 is 1.43 bits per heavy atom. The van der Waals surface area contributed by atoms with Gasteiger partial charge in [0.1, 0.15) is 5.60 Å². The summed E-state index contributed by atoms with van der Waals surface area (Å²) in [5, 5.41) is 5.65. The van der Waals surface area contributed by atoms with E-state index in [1.54, 1.807) is 45.0 Å². The highest BCUT2D eigenvalue weighted by Crippen LogP contribution is 2.20. The lowest BCUT2D eigenvalue weighted by Crippen LogP contribution is -2.27. The number of hydrogen-bond donors (Lipinski definition) is 2. The lowest BCUT2D eigenvalue weighted by Gasteiger charge is -2.19. The molecule has 0 unspecified atom stereocenters. The van der Waals surface area contributed by atoms with Crippen LogP contribution in [-0.4, -0.2) is 17.6 Å². The first-order valence-corrected chi connectivity index (χ1v) is 9.83. The van der Waals surface area contributed by atoms with E-state index >= 15 is 0 Å². The zero-order valence-electron chi connectivity index (χ0n) is 17.4. The van der Waals surface area contributed by atoms with E-state index < -0.39 is 11.7 Å². The van der Waals surface area contributed by atoms with Gasteiger partial charge in [-0.15, -0.1) is 0 Å². The maximum absolute atomic E-state index is 12.7. The van der Waals surface area contributed by atoms with Crippen LogP contribution in [0.25, 0.3) is 0 Å². The zero-order chi connectivity index (χ0) is 21.6. The van der Waals surface area contributed by atoms with Gasteiger partial charge in [0.15, 0.2) is 0 Å². The van der Waals surface area contributed by atoms with Gasteiger partial charge in [-0.05, 0) is 68.7 Å². The number of hydrogen-bond acceptors (Lipinski definition) is 3. The van der Waals surface area contributed by atoms with Crippen molar-refractivity contribution in [1.82, 2.24) is 0 Å². The lowest BCUT2D eigenvalue weighted by molar-refractivity contribution is 0.0636. The zero-order valence-corrected chi connectivity index (χ0v) is 17.4. The van der Waals surface area contributed by atoms with E-state index in [0.29, 0.717) is 11.3 Å². The molecule has 0 radical (unpaired) electrons. The molecule has 0 saturated heterocycles. The Morgan fingerprint density at radius 1 is 0.800 bits per heavy atom. The molecule has 0 aromatic heterocycles. The third-order valence-electron chi connectivity index (χ3n) is 4.30. The van der Waals surface area contributed by atoms with E-state index in [4.69, 9.17) is 4.74 Å². The molecule has 0 saturated carbocycles. The van der Waals surface area contributed by atoms with Crippen molar-refractivity contribution in [3.63, 3.8) is 0 Å². The molecule has 0 spiro atoms. The van der Waals surface area contributed by atoms with Gasteiger partial charge >= 0.3 is 6.09 Å². The maximum atomic E-state index is 12.7. The lowest BCUT2D eigenvalue weighted by atomic mass is 10.0. The molecule has 3 rings (SSSR count). The van der Waals surface area contributed by atoms with Gasteiger partial charge in [0.05, 0.1) is 0 Å². The quantitative estimate of drug-likeness (QED) is 0.560. The monoisotopic (exact) mass is 402 g/mol. The molecule has 5 heteroatoms. The third-order valence-corrected chi connectivity index (χ3v) is 4.30. The topological polar surface area (TPSA) is 67.4 Å². The van der Waals surface area contributed by atoms with Crippen molar-refractivity contribution in [2.75, 3.05) is 10.6 Å². The van der Waals surface area contributed by atoms with Crippen molar-refractivity contribution in [3.8, 4) is 0 Å². The summed E-state index contributed by atoms with van der Waals surface area (Å²) in [5.74, 6) is -0.209. The van der Waals surface area contributed by atoms with Gasteiger partial charge < -0.3 is 10.1 Å². The Bertz CT molecular complexity index is 1010. The first-order chi connectivity index (χ1) is 14.3. The second-order valence-electron chi connectivity index (χ2n) is 7.98. The number of ether oxygens (including phenoxy) is 1. The van der Waals surface area contributed by atoms with Gasteiger partial charge in [-0.25, -0.2) is 4.79 Å². The summed E-state index contributed by atoms with van der Waals surface area (Å²) in [6.07, 6.45) is 0.199. The largest absolute Gasteiger partial charge is 0.444 e. The SMILES string of the molecule is CC(C)(C)OC(=O)Nc1ccc(C(=O)Nc2ccccc2Cc2ccccc2)cc1. The molecule has 2 amide bonds. The molecule has 5 nitrogen and oxygen atoms in total. The Labute approximate surface area is 177 Å². The molecule has 3 aromatic carbocycles. The molecule has 0 bridgehead atoms. The average molecular weight is 402 g/mol. The molecular formula is C25H26N2O3. The van der Waals surface area contributed by atoms with E-state index in [9.17, 15) is 9.59 Å². The number of benzene rings is 3. The van der Waals surface area contributed by atoms with Crippen LogP contribution in [0.1, 0.15) is 42.3 Å². The molecule has 0 heterocycles. The van der Waals surface area contributed by atoms with Gasteiger partial charge in [0.2, 0.25) is 0 Å². The number of para-hydroxylation sites is 1. The fourth-order valence-corrected chi connectivity index (χ4v) is 2.93. The molecule has 0 atom stereocenters. The van der Waals surface area contributed by atoms with E-state index in [2.05, 4.69) is 22.8 Å². The summed E-state index contributed by atoms with van der Waals surface area (Å²) in [7, 11) is 0. The summed E-state index contributed by atoms with van der Waals surface area (Å²) in [6, 6.07) is 24.6. The van der Waals surface area contributed by atoms with Crippen LogP contribution < -0.4 is 10.6 Å². The number of carbonyl (C=O) groups excluding carboxylic acids is 2. The molecule has 0 aliphatic heterocycles. The molecular weight excluding hydrogens is 376 g/mol. The Kier molecular flexibility index (Phi) is 6.52. The van der Waals surface area contributed by atoms with Crippen LogP contribution in [0.3, 0.4) is 0 Å². The summed E-state index contributed by atoms with van der Waals surface area (Å²) >= 11 is 0. The van der Waals surface area contributed by atoms with Crippen molar-refractivity contribution in [3.05, 3.63) is 95.6 Å². The summed E-state index contributed by atoms with van der Waals surface area (Å²) < 4.78 is 5.23. The van der Waals surface area contributed by atoms with E-state index in [-0.39, 0.29) is 5.91 Å². The van der Waals surface area contributed by atoms with Crippen molar-refractivity contribution >= 4 is 23.4 Å². The van der Waals surface area contributed by atoms with Crippen LogP contribution in [0.4, 0.5) is 16.2 Å². The van der Waals surface area contributed by atoms with Gasteiger partial charge in [-0.3, -0.25) is 10.1 Å². The number of anilines is 2. The molecule has 0 fully saturated rings. The van der Waals surface area contributed by atoms with Crippen molar-refractivity contribution in [2.45, 2.75) is 32.8 Å². The molecule has 0 aliphatic rings. The molecule has 2 N–H and O–H groups in total.